The first kappa shape index (κ1) is 56.6. The van der Waals surface area contributed by atoms with Crippen LogP contribution in [0.1, 0.15) is 271 Å². The number of hydrogen-bond donors (Lipinski definition) is 4. The molecule has 0 aliphatic heterocycles. The normalized spacial score (nSPS) is 13.7. The standard InChI is InChI=1S/C53H101NO4/c1-3-5-7-9-11-13-15-17-19-21-23-25-26-27-28-30-32-34-36-38-40-42-44-46-48-52(57)53(58)54-50(49-55)51(56)47-45-43-41-39-37-35-33-31-29-24-22-20-18-16-14-12-10-8-6-4-2/h23,25,27-28,45,47,50-52,55-57H,3-22,24,26,29-44,46,48-49H2,1-2H3,(H,54,58)/b25-23-,28-27-,47-45+. The van der Waals surface area contributed by atoms with E-state index in [4.69, 9.17) is 0 Å². The molecular weight excluding hydrogens is 715 g/mol. The van der Waals surface area contributed by atoms with Crippen molar-refractivity contribution in [1.82, 2.24) is 5.32 Å². The number of carbonyl (C=O) groups excluding carboxylic acids is 1. The second-order valence-corrected chi connectivity index (χ2v) is 17.7. The molecule has 1 amide bonds. The Kier molecular flexibility index (Phi) is 47.0. The molecule has 0 aromatic heterocycles. The summed E-state index contributed by atoms with van der Waals surface area (Å²) in [7, 11) is 0. The van der Waals surface area contributed by atoms with E-state index in [9.17, 15) is 20.1 Å². The van der Waals surface area contributed by atoms with E-state index in [1.54, 1.807) is 6.08 Å². The van der Waals surface area contributed by atoms with Gasteiger partial charge in [-0.25, -0.2) is 0 Å². The van der Waals surface area contributed by atoms with Crippen molar-refractivity contribution in [1.29, 1.82) is 0 Å². The highest BCUT2D eigenvalue weighted by molar-refractivity contribution is 5.80. The number of allylic oxidation sites excluding steroid dienone is 5. The zero-order valence-electron chi connectivity index (χ0n) is 38.9. The SMILES string of the molecule is CCCCCCCCCCC/C=C\C/C=C\CCCCCCCCCCC(O)C(=O)NC(CO)C(O)/C=C/CCCCCCCCCCCCCCCCCCCC. The first-order chi connectivity index (χ1) is 28.6. The fourth-order valence-corrected chi connectivity index (χ4v) is 7.92. The molecular formula is C53H101NO4. The molecule has 5 heteroatoms. The summed E-state index contributed by atoms with van der Waals surface area (Å²) < 4.78 is 0. The lowest BCUT2D eigenvalue weighted by Crippen LogP contribution is -2.48. The van der Waals surface area contributed by atoms with Gasteiger partial charge in [0, 0.05) is 0 Å². The van der Waals surface area contributed by atoms with Crippen molar-refractivity contribution in [2.24, 2.45) is 0 Å². The van der Waals surface area contributed by atoms with Crippen LogP contribution in [-0.2, 0) is 4.79 Å². The molecule has 0 aliphatic rings. The quantitative estimate of drug-likeness (QED) is 0.0364. The van der Waals surface area contributed by atoms with Gasteiger partial charge in [-0.2, -0.15) is 0 Å². The third-order valence-electron chi connectivity index (χ3n) is 12.0. The smallest absolute Gasteiger partial charge is 0.249 e. The molecule has 0 aliphatic carbocycles. The third-order valence-corrected chi connectivity index (χ3v) is 12.0. The molecule has 4 N–H and O–H groups in total. The van der Waals surface area contributed by atoms with Gasteiger partial charge in [-0.15, -0.1) is 0 Å². The van der Waals surface area contributed by atoms with Crippen LogP contribution in [0.25, 0.3) is 0 Å². The highest BCUT2D eigenvalue weighted by Gasteiger charge is 2.22. The van der Waals surface area contributed by atoms with Crippen molar-refractivity contribution < 1.29 is 20.1 Å². The van der Waals surface area contributed by atoms with Gasteiger partial charge in [0.2, 0.25) is 5.91 Å². The largest absolute Gasteiger partial charge is 0.394 e. The second kappa shape index (κ2) is 48.2. The molecule has 5 nitrogen and oxygen atoms in total. The number of rotatable bonds is 47. The fraction of sp³-hybridized carbons (Fsp3) is 0.868. The van der Waals surface area contributed by atoms with Gasteiger partial charge in [0.1, 0.15) is 6.10 Å². The molecule has 0 bridgehead atoms. The van der Waals surface area contributed by atoms with Gasteiger partial charge >= 0.3 is 0 Å². The number of aliphatic hydroxyl groups is 3. The first-order valence-corrected chi connectivity index (χ1v) is 25.8. The number of aliphatic hydroxyl groups excluding tert-OH is 3. The molecule has 0 saturated heterocycles. The molecule has 0 aromatic carbocycles. The fourth-order valence-electron chi connectivity index (χ4n) is 7.92. The summed E-state index contributed by atoms with van der Waals surface area (Å²) >= 11 is 0. The number of nitrogens with one attached hydrogen (secondary N) is 1. The summed E-state index contributed by atoms with van der Waals surface area (Å²) in [5.74, 6) is -0.505. The third kappa shape index (κ3) is 42.7. The monoisotopic (exact) mass is 816 g/mol. The Labute approximate surface area is 362 Å². The molecule has 0 fully saturated rings. The van der Waals surface area contributed by atoms with Crippen LogP contribution < -0.4 is 5.32 Å². The van der Waals surface area contributed by atoms with E-state index in [2.05, 4.69) is 43.5 Å². The predicted molar refractivity (Wildman–Crippen MR) is 254 cm³/mol. The lowest BCUT2D eigenvalue weighted by atomic mass is 10.0. The summed E-state index contributed by atoms with van der Waals surface area (Å²) in [6.45, 7) is 4.20. The maximum Gasteiger partial charge on any atom is 0.249 e. The summed E-state index contributed by atoms with van der Waals surface area (Å²) in [5.41, 5.74) is 0. The molecule has 3 unspecified atom stereocenters. The molecule has 0 heterocycles. The Morgan fingerprint density at radius 1 is 0.431 bits per heavy atom. The number of hydrogen-bond acceptors (Lipinski definition) is 4. The van der Waals surface area contributed by atoms with E-state index in [0.717, 1.165) is 38.5 Å². The van der Waals surface area contributed by atoms with Crippen LogP contribution in [0.5, 0.6) is 0 Å². The number of unbranched alkanes of at least 4 members (excludes halogenated alkanes) is 35. The maximum absolute atomic E-state index is 12.5. The van der Waals surface area contributed by atoms with Crippen molar-refractivity contribution in [3.05, 3.63) is 36.5 Å². The van der Waals surface area contributed by atoms with Gasteiger partial charge in [-0.3, -0.25) is 4.79 Å². The average Bonchev–Trinajstić information content (AvgIpc) is 3.23. The van der Waals surface area contributed by atoms with Crippen LogP contribution in [0.3, 0.4) is 0 Å². The van der Waals surface area contributed by atoms with E-state index >= 15 is 0 Å². The zero-order chi connectivity index (χ0) is 42.3. The van der Waals surface area contributed by atoms with E-state index in [0.29, 0.717) is 6.42 Å². The minimum atomic E-state index is -1.10. The number of amides is 1. The Morgan fingerprint density at radius 3 is 1.09 bits per heavy atom. The van der Waals surface area contributed by atoms with Crippen molar-refractivity contribution in [2.45, 2.75) is 289 Å². The minimum Gasteiger partial charge on any atom is -0.394 e. The Morgan fingerprint density at radius 2 is 0.741 bits per heavy atom. The van der Waals surface area contributed by atoms with E-state index in [1.807, 2.05) is 6.08 Å². The Bertz CT molecular complexity index is 901. The molecule has 3 atom stereocenters. The van der Waals surface area contributed by atoms with E-state index < -0.39 is 24.2 Å². The van der Waals surface area contributed by atoms with Crippen LogP contribution in [0, 0.1) is 0 Å². The second-order valence-electron chi connectivity index (χ2n) is 17.7. The van der Waals surface area contributed by atoms with Gasteiger partial charge in [-0.1, -0.05) is 256 Å². The van der Waals surface area contributed by atoms with Crippen LogP contribution in [0.2, 0.25) is 0 Å². The van der Waals surface area contributed by atoms with Crippen molar-refractivity contribution >= 4 is 5.91 Å². The van der Waals surface area contributed by atoms with Gasteiger partial charge < -0.3 is 20.6 Å². The van der Waals surface area contributed by atoms with Gasteiger partial charge in [0.05, 0.1) is 18.8 Å². The number of carbonyl (C=O) groups is 1. The lowest BCUT2D eigenvalue weighted by molar-refractivity contribution is -0.131. The van der Waals surface area contributed by atoms with Crippen LogP contribution >= 0.6 is 0 Å². The maximum atomic E-state index is 12.5. The van der Waals surface area contributed by atoms with Crippen molar-refractivity contribution in [3.8, 4) is 0 Å². The average molecular weight is 816 g/mol. The molecule has 58 heavy (non-hydrogen) atoms. The predicted octanol–water partition coefficient (Wildman–Crippen LogP) is 15.5. The summed E-state index contributed by atoms with van der Waals surface area (Å²) in [6.07, 6.45) is 62.0. The summed E-state index contributed by atoms with van der Waals surface area (Å²) in [6, 6.07) is -0.801. The van der Waals surface area contributed by atoms with Gasteiger partial charge in [0.15, 0.2) is 0 Å². The molecule has 0 radical (unpaired) electrons. The molecule has 0 rings (SSSR count). The summed E-state index contributed by atoms with van der Waals surface area (Å²) in [5, 5.41) is 33.3. The summed E-state index contributed by atoms with van der Waals surface area (Å²) in [4.78, 5) is 12.5. The van der Waals surface area contributed by atoms with Crippen LogP contribution in [-0.4, -0.2) is 46.1 Å². The van der Waals surface area contributed by atoms with E-state index in [1.165, 1.54) is 212 Å². The Hall–Kier alpha value is -1.43. The molecule has 0 aromatic rings. The van der Waals surface area contributed by atoms with Crippen LogP contribution in [0.4, 0.5) is 0 Å². The lowest BCUT2D eigenvalue weighted by Gasteiger charge is -2.21. The van der Waals surface area contributed by atoms with Gasteiger partial charge in [0.25, 0.3) is 0 Å². The molecule has 0 spiro atoms. The highest BCUT2D eigenvalue weighted by Crippen LogP contribution is 2.16. The highest BCUT2D eigenvalue weighted by atomic mass is 16.3. The van der Waals surface area contributed by atoms with Crippen molar-refractivity contribution in [2.75, 3.05) is 6.61 Å². The zero-order valence-corrected chi connectivity index (χ0v) is 38.9. The van der Waals surface area contributed by atoms with Crippen molar-refractivity contribution in [3.63, 3.8) is 0 Å². The van der Waals surface area contributed by atoms with Crippen LogP contribution in [0.15, 0.2) is 36.5 Å². The van der Waals surface area contributed by atoms with E-state index in [-0.39, 0.29) is 6.61 Å². The molecule has 0 saturated carbocycles. The Balaban J connectivity index is 3.63. The topological polar surface area (TPSA) is 89.8 Å². The minimum absolute atomic E-state index is 0.365. The molecule has 342 valence electrons. The van der Waals surface area contributed by atoms with Gasteiger partial charge in [-0.05, 0) is 51.4 Å². The first-order valence-electron chi connectivity index (χ1n) is 25.8.